The van der Waals surface area contributed by atoms with Gasteiger partial charge in [-0.2, -0.15) is 0 Å². The number of piperidine rings is 1. The van der Waals surface area contributed by atoms with Crippen LogP contribution in [0.5, 0.6) is 0 Å². The molecule has 4 unspecified atom stereocenters. The van der Waals surface area contributed by atoms with Crippen LogP contribution in [0.2, 0.25) is 0 Å². The van der Waals surface area contributed by atoms with Gasteiger partial charge in [-0.3, -0.25) is 4.90 Å². The smallest absolute Gasteiger partial charge is 0.0164 e. The summed E-state index contributed by atoms with van der Waals surface area (Å²) in [5, 5.41) is 0. The topological polar surface area (TPSA) is 29.3 Å². The van der Waals surface area contributed by atoms with Crippen molar-refractivity contribution in [3.63, 3.8) is 0 Å². The van der Waals surface area contributed by atoms with Crippen molar-refractivity contribution in [1.29, 1.82) is 0 Å². The second-order valence-corrected chi connectivity index (χ2v) is 6.98. The Hall–Kier alpha value is -0.860. The first-order valence-corrected chi connectivity index (χ1v) is 8.84. The maximum atomic E-state index is 6.30. The van der Waals surface area contributed by atoms with Crippen LogP contribution in [-0.2, 0) is 0 Å². The van der Waals surface area contributed by atoms with Gasteiger partial charge in [-0.15, -0.1) is 0 Å². The summed E-state index contributed by atoms with van der Waals surface area (Å²) in [5.74, 6) is 1.42. The van der Waals surface area contributed by atoms with E-state index in [0.717, 1.165) is 12.0 Å². The van der Waals surface area contributed by atoms with Crippen LogP contribution in [-0.4, -0.2) is 30.1 Å². The minimum atomic E-state index is 0.421. The molecule has 2 N–H and O–H groups in total. The molecular weight excluding hydrogens is 256 g/mol. The van der Waals surface area contributed by atoms with E-state index in [2.05, 4.69) is 42.2 Å². The van der Waals surface area contributed by atoms with Crippen molar-refractivity contribution >= 4 is 0 Å². The Labute approximate surface area is 129 Å². The molecule has 1 saturated heterocycles. The van der Waals surface area contributed by atoms with Crippen LogP contribution in [0.3, 0.4) is 0 Å². The minimum absolute atomic E-state index is 0.421. The van der Waals surface area contributed by atoms with Gasteiger partial charge in [0.1, 0.15) is 0 Å². The monoisotopic (exact) mass is 286 g/mol. The number of rotatable bonds is 3. The van der Waals surface area contributed by atoms with Crippen LogP contribution in [0.25, 0.3) is 0 Å². The third kappa shape index (κ3) is 3.32. The predicted molar refractivity (Wildman–Crippen MR) is 89.4 cm³/mol. The van der Waals surface area contributed by atoms with Crippen molar-refractivity contribution in [2.45, 2.75) is 63.5 Å². The van der Waals surface area contributed by atoms with Crippen molar-refractivity contribution in [2.75, 3.05) is 13.1 Å². The van der Waals surface area contributed by atoms with E-state index in [9.17, 15) is 0 Å². The van der Waals surface area contributed by atoms with Crippen LogP contribution in [0.15, 0.2) is 30.3 Å². The molecule has 0 amide bonds. The molecule has 0 bridgehead atoms. The third-order valence-corrected chi connectivity index (χ3v) is 5.77. The van der Waals surface area contributed by atoms with Gasteiger partial charge in [-0.05, 0) is 43.2 Å². The standard InChI is InChI=1S/C19H30N2/c1-2-15-14-21(13-12-18(15)20)19-11-7-6-10-17(19)16-8-4-3-5-9-16/h3-5,8-9,15,17-19H,2,6-7,10-14,20H2,1H3. The Morgan fingerprint density at radius 3 is 2.62 bits per heavy atom. The molecule has 21 heavy (non-hydrogen) atoms. The lowest BCUT2D eigenvalue weighted by molar-refractivity contribution is 0.0732. The quantitative estimate of drug-likeness (QED) is 0.916. The Kier molecular flexibility index (Phi) is 4.97. The molecule has 4 atom stereocenters. The SMILES string of the molecule is CCC1CN(C2CCCCC2c2ccccc2)CCC1N. The lowest BCUT2D eigenvalue weighted by Crippen LogP contribution is -2.52. The van der Waals surface area contributed by atoms with Gasteiger partial charge < -0.3 is 5.73 Å². The fraction of sp³-hybridized carbons (Fsp3) is 0.684. The molecule has 1 aliphatic heterocycles. The summed E-state index contributed by atoms with van der Waals surface area (Å²) in [7, 11) is 0. The van der Waals surface area contributed by atoms with Gasteiger partial charge >= 0.3 is 0 Å². The van der Waals surface area contributed by atoms with Gasteiger partial charge in [0.05, 0.1) is 0 Å². The highest BCUT2D eigenvalue weighted by molar-refractivity contribution is 5.22. The van der Waals surface area contributed by atoms with Crippen LogP contribution >= 0.6 is 0 Å². The normalized spacial score (nSPS) is 34.8. The summed E-state index contributed by atoms with van der Waals surface area (Å²) in [6.45, 7) is 4.71. The fourth-order valence-electron chi connectivity index (χ4n) is 4.45. The average molecular weight is 286 g/mol. The van der Waals surface area contributed by atoms with Crippen molar-refractivity contribution in [3.05, 3.63) is 35.9 Å². The van der Waals surface area contributed by atoms with E-state index in [1.165, 1.54) is 51.6 Å². The Morgan fingerprint density at radius 2 is 1.86 bits per heavy atom. The minimum Gasteiger partial charge on any atom is -0.327 e. The van der Waals surface area contributed by atoms with Gasteiger partial charge in [0.15, 0.2) is 0 Å². The van der Waals surface area contributed by atoms with E-state index in [4.69, 9.17) is 5.73 Å². The van der Waals surface area contributed by atoms with Crippen LogP contribution in [0.4, 0.5) is 0 Å². The number of benzene rings is 1. The molecule has 0 radical (unpaired) electrons. The highest BCUT2D eigenvalue weighted by Crippen LogP contribution is 2.37. The number of hydrogen-bond acceptors (Lipinski definition) is 2. The van der Waals surface area contributed by atoms with Gasteiger partial charge in [-0.25, -0.2) is 0 Å². The second-order valence-electron chi connectivity index (χ2n) is 6.98. The molecule has 2 aliphatic rings. The zero-order chi connectivity index (χ0) is 14.7. The van der Waals surface area contributed by atoms with E-state index in [-0.39, 0.29) is 0 Å². The summed E-state index contributed by atoms with van der Waals surface area (Å²) >= 11 is 0. The molecule has 1 heterocycles. The van der Waals surface area contributed by atoms with E-state index in [1.807, 2.05) is 0 Å². The molecule has 2 heteroatoms. The molecule has 1 aromatic carbocycles. The predicted octanol–water partition coefficient (Wildman–Crippen LogP) is 3.77. The van der Waals surface area contributed by atoms with Crippen molar-refractivity contribution < 1.29 is 0 Å². The van der Waals surface area contributed by atoms with E-state index in [1.54, 1.807) is 5.56 Å². The maximum Gasteiger partial charge on any atom is 0.0164 e. The third-order valence-electron chi connectivity index (χ3n) is 5.77. The van der Waals surface area contributed by atoms with Crippen molar-refractivity contribution in [3.8, 4) is 0 Å². The number of nitrogens with two attached hydrogens (primary N) is 1. The van der Waals surface area contributed by atoms with Gasteiger partial charge in [0.2, 0.25) is 0 Å². The number of hydrogen-bond donors (Lipinski definition) is 1. The molecule has 3 rings (SSSR count). The zero-order valence-electron chi connectivity index (χ0n) is 13.4. The fourth-order valence-corrected chi connectivity index (χ4v) is 4.45. The van der Waals surface area contributed by atoms with E-state index >= 15 is 0 Å². The summed E-state index contributed by atoms with van der Waals surface area (Å²) in [5.41, 5.74) is 7.85. The summed E-state index contributed by atoms with van der Waals surface area (Å²) < 4.78 is 0. The van der Waals surface area contributed by atoms with Crippen LogP contribution < -0.4 is 5.73 Å². The number of nitrogens with zero attached hydrogens (tertiary/aromatic N) is 1. The van der Waals surface area contributed by atoms with Crippen LogP contribution in [0, 0.1) is 5.92 Å². The molecule has 116 valence electrons. The molecule has 1 saturated carbocycles. The zero-order valence-corrected chi connectivity index (χ0v) is 13.4. The van der Waals surface area contributed by atoms with Gasteiger partial charge in [0.25, 0.3) is 0 Å². The molecule has 1 aromatic rings. The van der Waals surface area contributed by atoms with Gasteiger partial charge in [0, 0.05) is 18.6 Å². The molecule has 2 nitrogen and oxygen atoms in total. The first kappa shape index (κ1) is 15.1. The molecule has 0 aromatic heterocycles. The second kappa shape index (κ2) is 6.93. The highest BCUT2D eigenvalue weighted by Gasteiger charge is 2.35. The first-order chi connectivity index (χ1) is 10.3. The lowest BCUT2D eigenvalue weighted by atomic mass is 9.77. The first-order valence-electron chi connectivity index (χ1n) is 8.84. The Balaban J connectivity index is 1.75. The highest BCUT2D eigenvalue weighted by atomic mass is 15.2. The summed E-state index contributed by atoms with van der Waals surface area (Å²) in [4.78, 5) is 2.77. The van der Waals surface area contributed by atoms with E-state index in [0.29, 0.717) is 12.0 Å². The molecule has 1 aliphatic carbocycles. The summed E-state index contributed by atoms with van der Waals surface area (Å²) in [6.07, 6.45) is 7.91. The Bertz CT molecular complexity index is 430. The molecule has 0 spiro atoms. The maximum absolute atomic E-state index is 6.30. The molecule has 2 fully saturated rings. The largest absolute Gasteiger partial charge is 0.327 e. The summed E-state index contributed by atoms with van der Waals surface area (Å²) in [6, 6.07) is 12.3. The van der Waals surface area contributed by atoms with Crippen LogP contribution in [0.1, 0.15) is 56.9 Å². The van der Waals surface area contributed by atoms with Crippen molar-refractivity contribution in [1.82, 2.24) is 4.90 Å². The average Bonchev–Trinajstić information content (AvgIpc) is 2.56. The lowest BCUT2D eigenvalue weighted by Gasteiger charge is -2.45. The molecular formula is C19H30N2. The Morgan fingerprint density at radius 1 is 1.10 bits per heavy atom. The van der Waals surface area contributed by atoms with Crippen molar-refractivity contribution in [2.24, 2.45) is 11.7 Å². The van der Waals surface area contributed by atoms with Gasteiger partial charge in [-0.1, -0.05) is 56.5 Å². The van der Waals surface area contributed by atoms with E-state index < -0.39 is 0 Å². The number of likely N-dealkylation sites (tertiary alicyclic amines) is 1.